The van der Waals surface area contributed by atoms with Crippen LogP contribution in [0.5, 0.6) is 5.75 Å². The van der Waals surface area contributed by atoms with Crippen molar-refractivity contribution in [3.05, 3.63) is 33.1 Å². The molecule has 1 aromatic carbocycles. The van der Waals surface area contributed by atoms with E-state index in [2.05, 4.69) is 10.2 Å². The van der Waals surface area contributed by atoms with E-state index in [0.29, 0.717) is 16.2 Å². The van der Waals surface area contributed by atoms with E-state index in [4.69, 9.17) is 17.0 Å². The second-order valence-electron chi connectivity index (χ2n) is 5.50. The molecular formula is C13H16N4O3S. The van der Waals surface area contributed by atoms with Gasteiger partial charge >= 0.3 is 5.69 Å². The third-order valence-corrected chi connectivity index (χ3v) is 3.25. The van der Waals surface area contributed by atoms with Gasteiger partial charge in [0.1, 0.15) is 0 Å². The number of ether oxygens (including phenoxy) is 1. The first-order valence-corrected chi connectivity index (χ1v) is 6.67. The molecule has 0 radical (unpaired) electrons. The van der Waals surface area contributed by atoms with Gasteiger partial charge in [0.25, 0.3) is 0 Å². The van der Waals surface area contributed by atoms with Gasteiger partial charge in [-0.3, -0.25) is 19.8 Å². The van der Waals surface area contributed by atoms with E-state index in [0.717, 1.165) is 0 Å². The van der Waals surface area contributed by atoms with Crippen molar-refractivity contribution in [1.29, 1.82) is 0 Å². The Hall–Kier alpha value is -2.22. The lowest BCUT2D eigenvalue weighted by Crippen LogP contribution is -2.23. The first-order valence-electron chi connectivity index (χ1n) is 6.26. The quantitative estimate of drug-likeness (QED) is 0.534. The lowest BCUT2D eigenvalue weighted by molar-refractivity contribution is -0.385. The number of aromatic nitrogens is 3. The summed E-state index contributed by atoms with van der Waals surface area (Å²) in [5.41, 5.74) is 0.339. The molecule has 0 saturated carbocycles. The fourth-order valence-corrected chi connectivity index (χ4v) is 2.49. The Labute approximate surface area is 126 Å². The van der Waals surface area contributed by atoms with Gasteiger partial charge in [0.05, 0.1) is 12.0 Å². The number of hydrogen-bond acceptors (Lipinski definition) is 5. The number of hydrogen-bond donors (Lipinski definition) is 1. The highest BCUT2D eigenvalue weighted by Crippen LogP contribution is 2.33. The van der Waals surface area contributed by atoms with Crippen molar-refractivity contribution in [2.24, 2.45) is 0 Å². The van der Waals surface area contributed by atoms with Crippen LogP contribution in [0.4, 0.5) is 5.69 Å². The minimum absolute atomic E-state index is 0.0855. The molecule has 0 fully saturated rings. The average Bonchev–Trinajstić information content (AvgIpc) is 2.79. The predicted molar refractivity (Wildman–Crippen MR) is 81.1 cm³/mol. The van der Waals surface area contributed by atoms with Crippen LogP contribution in [0.1, 0.15) is 20.8 Å². The SMILES string of the molecule is COc1cc(-c2n[nH]c(=S)n2C(C)(C)C)ccc1[N+](=O)[O-]. The van der Waals surface area contributed by atoms with E-state index >= 15 is 0 Å². The number of nitro benzene ring substituents is 1. The van der Waals surface area contributed by atoms with Crippen LogP contribution in [-0.4, -0.2) is 26.8 Å². The number of methoxy groups -OCH3 is 1. The van der Waals surface area contributed by atoms with Gasteiger partial charge in [0.15, 0.2) is 16.3 Å². The molecule has 0 amide bonds. The molecule has 0 saturated heterocycles. The molecule has 0 aliphatic heterocycles. The van der Waals surface area contributed by atoms with Crippen LogP contribution in [-0.2, 0) is 5.54 Å². The Morgan fingerprint density at radius 1 is 1.43 bits per heavy atom. The van der Waals surface area contributed by atoms with Crippen molar-refractivity contribution in [3.8, 4) is 17.1 Å². The zero-order valence-corrected chi connectivity index (χ0v) is 13.0. The van der Waals surface area contributed by atoms with Gasteiger partial charge < -0.3 is 4.74 Å². The van der Waals surface area contributed by atoms with E-state index < -0.39 is 4.92 Å². The maximum atomic E-state index is 10.9. The Morgan fingerprint density at radius 3 is 2.62 bits per heavy atom. The molecule has 1 aromatic heterocycles. The van der Waals surface area contributed by atoms with Gasteiger partial charge in [0.2, 0.25) is 0 Å². The summed E-state index contributed by atoms with van der Waals surface area (Å²) in [5.74, 6) is 0.799. The molecule has 8 heteroatoms. The second kappa shape index (κ2) is 5.28. The third-order valence-electron chi connectivity index (χ3n) is 2.98. The molecule has 2 rings (SSSR count). The number of rotatable bonds is 3. The number of nitrogens with one attached hydrogen (secondary N) is 1. The molecular weight excluding hydrogens is 292 g/mol. The normalized spacial score (nSPS) is 11.4. The van der Waals surface area contributed by atoms with Gasteiger partial charge in [-0.25, -0.2) is 0 Å². The molecule has 0 spiro atoms. The van der Waals surface area contributed by atoms with Gasteiger partial charge in [-0.15, -0.1) is 0 Å². The van der Waals surface area contributed by atoms with Crippen LogP contribution in [0.2, 0.25) is 0 Å². The fraction of sp³-hybridized carbons (Fsp3) is 0.385. The first-order chi connectivity index (χ1) is 9.75. The smallest absolute Gasteiger partial charge is 0.310 e. The number of benzene rings is 1. The molecule has 7 nitrogen and oxygen atoms in total. The largest absolute Gasteiger partial charge is 0.490 e. The molecule has 0 bridgehead atoms. The van der Waals surface area contributed by atoms with Crippen molar-refractivity contribution in [3.63, 3.8) is 0 Å². The Kier molecular flexibility index (Phi) is 3.82. The zero-order valence-electron chi connectivity index (χ0n) is 12.2. The van der Waals surface area contributed by atoms with Crippen LogP contribution in [0.3, 0.4) is 0 Å². The molecule has 0 atom stereocenters. The molecule has 1 N–H and O–H groups in total. The Balaban J connectivity index is 2.64. The monoisotopic (exact) mass is 308 g/mol. The van der Waals surface area contributed by atoms with Crippen molar-refractivity contribution in [2.45, 2.75) is 26.3 Å². The Bertz CT molecular complexity index is 743. The average molecular weight is 308 g/mol. The van der Waals surface area contributed by atoms with Crippen molar-refractivity contribution >= 4 is 17.9 Å². The lowest BCUT2D eigenvalue weighted by atomic mass is 10.1. The van der Waals surface area contributed by atoms with Crippen LogP contribution in [0, 0.1) is 14.9 Å². The fourth-order valence-electron chi connectivity index (χ4n) is 2.08. The number of H-pyrrole nitrogens is 1. The van der Waals surface area contributed by atoms with E-state index in [1.165, 1.54) is 13.2 Å². The summed E-state index contributed by atoms with van der Waals surface area (Å²) in [5, 5.41) is 17.9. The summed E-state index contributed by atoms with van der Waals surface area (Å²) in [7, 11) is 1.40. The molecule has 21 heavy (non-hydrogen) atoms. The predicted octanol–water partition coefficient (Wildman–Crippen LogP) is 3.28. The van der Waals surface area contributed by atoms with Crippen LogP contribution in [0.15, 0.2) is 18.2 Å². The van der Waals surface area contributed by atoms with Gasteiger partial charge in [-0.2, -0.15) is 5.10 Å². The summed E-state index contributed by atoms with van der Waals surface area (Å²) in [6, 6.07) is 4.62. The zero-order chi connectivity index (χ0) is 15.8. The first kappa shape index (κ1) is 15.2. The van der Waals surface area contributed by atoms with Crippen LogP contribution in [0.25, 0.3) is 11.4 Å². The van der Waals surface area contributed by atoms with Crippen molar-refractivity contribution in [2.75, 3.05) is 7.11 Å². The van der Waals surface area contributed by atoms with E-state index in [1.54, 1.807) is 12.1 Å². The molecule has 0 aliphatic carbocycles. The van der Waals surface area contributed by atoms with Crippen LogP contribution >= 0.6 is 12.2 Å². The topological polar surface area (TPSA) is 86.0 Å². The summed E-state index contributed by atoms with van der Waals surface area (Å²) in [4.78, 5) is 10.5. The number of nitrogens with zero attached hydrogens (tertiary/aromatic N) is 3. The van der Waals surface area contributed by atoms with E-state index in [1.807, 2.05) is 25.3 Å². The number of nitro groups is 1. The van der Waals surface area contributed by atoms with Crippen molar-refractivity contribution in [1.82, 2.24) is 14.8 Å². The van der Waals surface area contributed by atoms with Crippen molar-refractivity contribution < 1.29 is 9.66 Å². The maximum absolute atomic E-state index is 10.9. The third kappa shape index (κ3) is 2.80. The molecule has 0 aliphatic rings. The second-order valence-corrected chi connectivity index (χ2v) is 5.89. The molecule has 1 heterocycles. The highest BCUT2D eigenvalue weighted by molar-refractivity contribution is 7.71. The van der Waals surface area contributed by atoms with Gasteiger partial charge in [0, 0.05) is 17.2 Å². The molecule has 112 valence electrons. The molecule has 2 aromatic rings. The minimum Gasteiger partial charge on any atom is -0.490 e. The highest BCUT2D eigenvalue weighted by Gasteiger charge is 2.22. The maximum Gasteiger partial charge on any atom is 0.310 e. The summed E-state index contributed by atoms with van der Waals surface area (Å²) in [6.45, 7) is 6.01. The van der Waals surface area contributed by atoms with Gasteiger partial charge in [-0.1, -0.05) is 0 Å². The lowest BCUT2D eigenvalue weighted by Gasteiger charge is -2.22. The minimum atomic E-state index is -0.483. The Morgan fingerprint density at radius 2 is 2.10 bits per heavy atom. The van der Waals surface area contributed by atoms with E-state index in [-0.39, 0.29) is 17.0 Å². The highest BCUT2D eigenvalue weighted by atomic mass is 32.1. The van der Waals surface area contributed by atoms with E-state index in [9.17, 15) is 10.1 Å². The summed E-state index contributed by atoms with van der Waals surface area (Å²) in [6.07, 6.45) is 0. The standard InChI is InChI=1S/C13H16N4O3S/c1-13(2,3)16-11(14-15-12(16)21)8-5-6-9(17(18)19)10(7-8)20-4/h5-7H,1-4H3,(H,15,21). The summed E-state index contributed by atoms with van der Waals surface area (Å²) >= 11 is 5.25. The van der Waals surface area contributed by atoms with Gasteiger partial charge in [-0.05, 0) is 45.1 Å². The molecule has 0 unspecified atom stereocenters. The van der Waals surface area contributed by atoms with Crippen LogP contribution < -0.4 is 4.74 Å². The number of aromatic amines is 1. The summed E-state index contributed by atoms with van der Waals surface area (Å²) < 4.78 is 7.45.